The Morgan fingerprint density at radius 2 is 1.31 bits per heavy atom. The SMILES string of the molecule is CN1C(=C/C=C/c2n(C)c3cc(Cl)c(Cl)cc3[n+]2C)N(C)c2cc(Cl)c(Cl)cc21. The van der Waals surface area contributed by atoms with Gasteiger partial charge in [0.1, 0.15) is 5.82 Å². The highest BCUT2D eigenvalue weighted by Crippen LogP contribution is 2.43. The molecule has 0 radical (unpaired) electrons. The number of imidazole rings is 1. The van der Waals surface area contributed by atoms with Gasteiger partial charge in [0.25, 0.3) is 5.82 Å². The molecule has 29 heavy (non-hydrogen) atoms. The van der Waals surface area contributed by atoms with E-state index >= 15 is 0 Å². The number of halogens is 4. The van der Waals surface area contributed by atoms with Crippen molar-refractivity contribution in [3.05, 3.63) is 68.2 Å². The van der Waals surface area contributed by atoms with Crippen molar-refractivity contribution in [3.63, 3.8) is 0 Å². The molecular formula is C21H19Cl4N4+. The normalized spacial score (nSPS) is 13.9. The minimum atomic E-state index is 0.544. The Balaban J connectivity index is 1.71. The lowest BCUT2D eigenvalue weighted by molar-refractivity contribution is -0.647. The number of rotatable bonds is 2. The lowest BCUT2D eigenvalue weighted by atomic mass is 10.2. The van der Waals surface area contributed by atoms with Crippen LogP contribution in [0.4, 0.5) is 11.4 Å². The van der Waals surface area contributed by atoms with E-state index in [9.17, 15) is 0 Å². The van der Waals surface area contributed by atoms with Gasteiger partial charge in [0.2, 0.25) is 0 Å². The summed E-state index contributed by atoms with van der Waals surface area (Å²) < 4.78 is 4.17. The van der Waals surface area contributed by atoms with Crippen LogP contribution < -0.4 is 14.4 Å². The molecule has 0 amide bonds. The van der Waals surface area contributed by atoms with Crippen molar-refractivity contribution < 1.29 is 4.57 Å². The highest BCUT2D eigenvalue weighted by molar-refractivity contribution is 6.43. The van der Waals surface area contributed by atoms with Gasteiger partial charge in [0, 0.05) is 32.3 Å². The first-order valence-electron chi connectivity index (χ1n) is 8.89. The predicted octanol–water partition coefficient (Wildman–Crippen LogP) is 6.06. The molecule has 2 aromatic carbocycles. The molecule has 0 saturated heterocycles. The van der Waals surface area contributed by atoms with Crippen LogP contribution >= 0.6 is 46.4 Å². The third kappa shape index (κ3) is 3.28. The van der Waals surface area contributed by atoms with Crippen molar-refractivity contribution in [2.24, 2.45) is 14.1 Å². The molecule has 1 aromatic heterocycles. The van der Waals surface area contributed by atoms with Crippen LogP contribution in [0.25, 0.3) is 17.1 Å². The van der Waals surface area contributed by atoms with E-state index in [2.05, 4.69) is 31.1 Å². The van der Waals surface area contributed by atoms with E-state index in [1.807, 2.05) is 58.5 Å². The van der Waals surface area contributed by atoms with E-state index in [0.29, 0.717) is 20.1 Å². The summed E-state index contributed by atoms with van der Waals surface area (Å²) in [6, 6.07) is 7.55. The monoisotopic (exact) mass is 467 g/mol. The fourth-order valence-electron chi connectivity index (χ4n) is 3.74. The molecule has 2 heterocycles. The number of benzene rings is 2. The van der Waals surface area contributed by atoms with Crippen LogP contribution in [-0.2, 0) is 14.1 Å². The van der Waals surface area contributed by atoms with Gasteiger partial charge >= 0.3 is 0 Å². The second kappa shape index (κ2) is 7.44. The van der Waals surface area contributed by atoms with Gasteiger partial charge in [-0.3, -0.25) is 0 Å². The van der Waals surface area contributed by atoms with Crippen LogP contribution in [0.3, 0.4) is 0 Å². The van der Waals surface area contributed by atoms with Crippen molar-refractivity contribution in [3.8, 4) is 0 Å². The van der Waals surface area contributed by atoms with E-state index in [1.165, 1.54) is 0 Å². The Kier molecular flexibility index (Phi) is 5.24. The minimum absolute atomic E-state index is 0.544. The first kappa shape index (κ1) is 20.4. The Morgan fingerprint density at radius 1 is 0.793 bits per heavy atom. The van der Waals surface area contributed by atoms with Crippen molar-refractivity contribution in [2.45, 2.75) is 0 Å². The number of fused-ring (bicyclic) bond motifs is 2. The Morgan fingerprint density at radius 3 is 1.90 bits per heavy atom. The fraction of sp³-hybridized carbons (Fsp3) is 0.190. The van der Waals surface area contributed by atoms with Gasteiger partial charge in [0.15, 0.2) is 11.0 Å². The molecule has 0 N–H and O–H groups in total. The Labute approximate surface area is 189 Å². The zero-order valence-corrected chi connectivity index (χ0v) is 19.4. The quantitative estimate of drug-likeness (QED) is 0.425. The van der Waals surface area contributed by atoms with Gasteiger partial charge in [-0.1, -0.05) is 52.5 Å². The highest BCUT2D eigenvalue weighted by atomic mass is 35.5. The number of anilines is 2. The number of aromatic nitrogens is 2. The number of nitrogens with zero attached hydrogens (tertiary/aromatic N) is 4. The third-order valence-electron chi connectivity index (χ3n) is 5.35. The molecule has 0 unspecified atom stereocenters. The molecule has 0 aliphatic carbocycles. The van der Waals surface area contributed by atoms with Crippen molar-refractivity contribution in [1.29, 1.82) is 0 Å². The number of aryl methyl sites for hydroxylation is 2. The molecule has 0 fully saturated rings. The van der Waals surface area contributed by atoms with Gasteiger partial charge in [0.05, 0.1) is 45.6 Å². The molecule has 4 rings (SSSR count). The molecular weight excluding hydrogens is 450 g/mol. The first-order chi connectivity index (χ1) is 13.7. The summed E-state index contributed by atoms with van der Waals surface area (Å²) in [6.45, 7) is 0. The summed E-state index contributed by atoms with van der Waals surface area (Å²) in [5, 5.41) is 2.18. The molecule has 1 aliphatic heterocycles. The van der Waals surface area contributed by atoms with Gasteiger partial charge in [-0.05, 0) is 18.2 Å². The molecule has 0 atom stereocenters. The number of allylic oxidation sites excluding steroid dienone is 2. The largest absolute Gasteiger partial charge is 0.329 e. The number of hydrogen-bond donors (Lipinski definition) is 0. The predicted molar refractivity (Wildman–Crippen MR) is 125 cm³/mol. The second-order valence-electron chi connectivity index (χ2n) is 6.99. The Hall–Kier alpha value is -1.85. The first-order valence-corrected chi connectivity index (χ1v) is 10.4. The lowest BCUT2D eigenvalue weighted by Gasteiger charge is -2.17. The number of hydrogen-bond acceptors (Lipinski definition) is 2. The maximum atomic E-state index is 6.20. The Bertz CT molecular complexity index is 1130. The lowest BCUT2D eigenvalue weighted by Crippen LogP contribution is -2.30. The van der Waals surface area contributed by atoms with Crippen LogP contribution in [0.2, 0.25) is 20.1 Å². The zero-order chi connectivity index (χ0) is 21.0. The van der Waals surface area contributed by atoms with Crippen LogP contribution in [0.5, 0.6) is 0 Å². The average Bonchev–Trinajstić information content (AvgIpc) is 3.03. The fourth-order valence-corrected chi connectivity index (χ4v) is 4.37. The van der Waals surface area contributed by atoms with E-state index in [0.717, 1.165) is 34.1 Å². The van der Waals surface area contributed by atoms with E-state index < -0.39 is 0 Å². The van der Waals surface area contributed by atoms with Crippen molar-refractivity contribution in [1.82, 2.24) is 4.57 Å². The molecule has 3 aromatic rings. The summed E-state index contributed by atoms with van der Waals surface area (Å²) in [4.78, 5) is 4.17. The summed E-state index contributed by atoms with van der Waals surface area (Å²) in [5.74, 6) is 2.03. The molecule has 0 saturated carbocycles. The van der Waals surface area contributed by atoms with Gasteiger partial charge in [-0.2, -0.15) is 0 Å². The second-order valence-corrected chi connectivity index (χ2v) is 8.62. The van der Waals surface area contributed by atoms with Crippen LogP contribution in [0.15, 0.2) is 42.2 Å². The standard InChI is InChI=1S/C21H19Cl4N4/c1-26-16-8-12(22)13(23)9-17(16)27(2)20(26)6-5-7-21-28(3)18-10-14(24)15(25)11-19(18)29(21)4/h5-11H,1-4H3/q+1. The average molecular weight is 469 g/mol. The van der Waals surface area contributed by atoms with Gasteiger partial charge in [-0.15, -0.1) is 0 Å². The van der Waals surface area contributed by atoms with E-state index in [1.54, 1.807) is 0 Å². The smallest absolute Gasteiger partial charge is 0.281 e. The maximum Gasteiger partial charge on any atom is 0.281 e. The molecule has 0 bridgehead atoms. The van der Waals surface area contributed by atoms with Crippen LogP contribution in [0, 0.1) is 0 Å². The van der Waals surface area contributed by atoms with Crippen molar-refractivity contribution >= 4 is 74.9 Å². The highest BCUT2D eigenvalue weighted by Gasteiger charge is 2.27. The van der Waals surface area contributed by atoms with E-state index in [4.69, 9.17) is 46.4 Å². The molecule has 1 aliphatic rings. The topological polar surface area (TPSA) is 15.3 Å². The van der Waals surface area contributed by atoms with E-state index in [-0.39, 0.29) is 0 Å². The van der Waals surface area contributed by atoms with Crippen molar-refractivity contribution in [2.75, 3.05) is 23.9 Å². The summed E-state index contributed by atoms with van der Waals surface area (Å²) >= 11 is 24.8. The summed E-state index contributed by atoms with van der Waals surface area (Å²) in [6.07, 6.45) is 6.13. The molecule has 0 spiro atoms. The minimum Gasteiger partial charge on any atom is -0.329 e. The molecule has 150 valence electrons. The summed E-state index contributed by atoms with van der Waals surface area (Å²) in [5.41, 5.74) is 4.06. The molecule has 8 heteroatoms. The maximum absolute atomic E-state index is 6.20. The van der Waals surface area contributed by atoms with Gasteiger partial charge in [-0.25, -0.2) is 9.13 Å². The van der Waals surface area contributed by atoms with Crippen LogP contribution in [0.1, 0.15) is 5.82 Å². The van der Waals surface area contributed by atoms with Gasteiger partial charge < -0.3 is 9.80 Å². The van der Waals surface area contributed by atoms with Crippen LogP contribution in [-0.4, -0.2) is 18.7 Å². The molecule has 4 nitrogen and oxygen atoms in total. The third-order valence-corrected chi connectivity index (χ3v) is 6.79. The zero-order valence-electron chi connectivity index (χ0n) is 16.3. The summed E-state index contributed by atoms with van der Waals surface area (Å²) in [7, 11) is 8.03.